The van der Waals surface area contributed by atoms with Gasteiger partial charge in [-0.3, -0.25) is 19.6 Å². The topological polar surface area (TPSA) is 136 Å². The van der Waals surface area contributed by atoms with Crippen LogP contribution in [-0.2, 0) is 17.3 Å². The largest absolute Gasteiger partial charge is 0.358 e. The second-order valence-corrected chi connectivity index (χ2v) is 11.7. The van der Waals surface area contributed by atoms with Crippen molar-refractivity contribution >= 4 is 47.2 Å². The van der Waals surface area contributed by atoms with Crippen molar-refractivity contribution in [3.63, 3.8) is 0 Å². The third-order valence-corrected chi connectivity index (χ3v) is 7.48. The van der Waals surface area contributed by atoms with Crippen molar-refractivity contribution < 1.29 is 14.4 Å². The SMILES string of the molecule is CCN(CC)CCNC(=O)c1c(C)[nH]c(/C=C(\C)c2ccc(NC(=O)Nc3cc(C(C)(C)C)nn3C)cc2NC=O)c1C. The van der Waals surface area contributed by atoms with Gasteiger partial charge >= 0.3 is 6.03 Å². The van der Waals surface area contributed by atoms with Crippen LogP contribution >= 0.6 is 0 Å². The second kappa shape index (κ2) is 14.2. The maximum atomic E-state index is 13.0. The molecule has 3 rings (SSSR count). The highest BCUT2D eigenvalue weighted by Gasteiger charge is 2.20. The minimum absolute atomic E-state index is 0.103. The zero-order valence-corrected chi connectivity index (χ0v) is 26.9. The lowest BCUT2D eigenvalue weighted by molar-refractivity contribution is -0.105. The Morgan fingerprint density at radius 1 is 1.09 bits per heavy atom. The first-order valence-electron chi connectivity index (χ1n) is 14.6. The minimum atomic E-state index is -0.430. The van der Waals surface area contributed by atoms with Gasteiger partial charge < -0.3 is 25.8 Å². The zero-order chi connectivity index (χ0) is 31.9. The molecule has 2 heterocycles. The van der Waals surface area contributed by atoms with Crippen molar-refractivity contribution in [2.75, 3.05) is 42.1 Å². The maximum Gasteiger partial charge on any atom is 0.324 e. The van der Waals surface area contributed by atoms with Gasteiger partial charge in [-0.15, -0.1) is 0 Å². The average Bonchev–Trinajstić information content (AvgIpc) is 3.44. The molecule has 0 unspecified atom stereocenters. The van der Waals surface area contributed by atoms with E-state index in [2.05, 4.69) is 70.9 Å². The first kappa shape index (κ1) is 33.1. The number of hydrogen-bond acceptors (Lipinski definition) is 5. The highest BCUT2D eigenvalue weighted by atomic mass is 16.2. The van der Waals surface area contributed by atoms with Gasteiger partial charge in [0.2, 0.25) is 6.41 Å². The van der Waals surface area contributed by atoms with E-state index in [1.165, 1.54) is 0 Å². The van der Waals surface area contributed by atoms with Crippen LogP contribution in [0, 0.1) is 13.8 Å². The van der Waals surface area contributed by atoms with E-state index in [-0.39, 0.29) is 11.3 Å². The van der Waals surface area contributed by atoms with Gasteiger partial charge in [-0.2, -0.15) is 5.10 Å². The van der Waals surface area contributed by atoms with E-state index in [1.807, 2.05) is 39.0 Å². The fourth-order valence-corrected chi connectivity index (χ4v) is 4.89. The number of benzene rings is 1. The smallest absolute Gasteiger partial charge is 0.324 e. The number of allylic oxidation sites excluding steroid dienone is 1. The second-order valence-electron chi connectivity index (χ2n) is 11.7. The number of carbonyl (C=O) groups excluding carboxylic acids is 3. The molecule has 5 N–H and O–H groups in total. The van der Waals surface area contributed by atoms with E-state index in [9.17, 15) is 14.4 Å². The Hall–Kier alpha value is -4.38. The molecule has 0 radical (unpaired) electrons. The van der Waals surface area contributed by atoms with Crippen LogP contribution in [0.3, 0.4) is 0 Å². The zero-order valence-electron chi connectivity index (χ0n) is 26.9. The Kier molecular flexibility index (Phi) is 10.9. The first-order chi connectivity index (χ1) is 20.3. The molecular weight excluding hydrogens is 544 g/mol. The molecule has 3 aromatic rings. The van der Waals surface area contributed by atoms with E-state index in [0.29, 0.717) is 35.7 Å². The number of nitrogens with zero attached hydrogens (tertiary/aromatic N) is 3. The monoisotopic (exact) mass is 590 g/mol. The summed E-state index contributed by atoms with van der Waals surface area (Å²) in [5.41, 5.74) is 6.48. The Labute approximate surface area is 254 Å². The third kappa shape index (κ3) is 8.35. The summed E-state index contributed by atoms with van der Waals surface area (Å²) in [6.07, 6.45) is 2.56. The van der Waals surface area contributed by atoms with Crippen LogP contribution in [0.15, 0.2) is 24.3 Å². The number of H-pyrrole nitrogens is 1. The van der Waals surface area contributed by atoms with Crippen LogP contribution in [0.4, 0.5) is 22.0 Å². The molecule has 0 bridgehead atoms. The molecule has 0 saturated carbocycles. The highest BCUT2D eigenvalue weighted by molar-refractivity contribution is 6.01. The van der Waals surface area contributed by atoms with Crippen molar-refractivity contribution in [3.8, 4) is 0 Å². The van der Waals surface area contributed by atoms with E-state index in [1.54, 1.807) is 23.9 Å². The maximum absolute atomic E-state index is 13.0. The summed E-state index contributed by atoms with van der Waals surface area (Å²) in [5, 5.41) is 15.9. The molecule has 0 saturated heterocycles. The lowest BCUT2D eigenvalue weighted by Crippen LogP contribution is -2.35. The summed E-state index contributed by atoms with van der Waals surface area (Å²) >= 11 is 0. The van der Waals surface area contributed by atoms with E-state index < -0.39 is 6.03 Å². The van der Waals surface area contributed by atoms with E-state index in [4.69, 9.17) is 0 Å². The number of urea groups is 1. The number of amides is 4. The third-order valence-electron chi connectivity index (χ3n) is 7.48. The minimum Gasteiger partial charge on any atom is -0.358 e. The number of rotatable bonds is 12. The number of nitrogens with one attached hydrogen (secondary N) is 5. The quantitative estimate of drug-likeness (QED) is 0.177. The average molecular weight is 591 g/mol. The van der Waals surface area contributed by atoms with Crippen molar-refractivity contribution in [2.24, 2.45) is 7.05 Å². The predicted octanol–water partition coefficient (Wildman–Crippen LogP) is 5.51. The molecule has 0 aliphatic carbocycles. The molecule has 4 amide bonds. The standard InChI is InChI=1S/C32H46N8O3/c1-10-40(11-2)15-14-33-30(42)29-21(4)25(35-22(29)5)16-20(3)24-13-12-23(17-26(24)34-19-41)36-31(43)37-28-18-27(32(6,7)8)38-39(28)9/h12-13,16-19,35H,10-11,14-15H2,1-9H3,(H,33,42)(H,34,41)(H2,36,37,43)/b20-16+. The van der Waals surface area contributed by atoms with Crippen LogP contribution < -0.4 is 21.3 Å². The molecule has 2 aromatic heterocycles. The van der Waals surface area contributed by atoms with Gasteiger partial charge in [0.05, 0.1) is 16.9 Å². The molecule has 43 heavy (non-hydrogen) atoms. The Morgan fingerprint density at radius 2 is 1.79 bits per heavy atom. The molecule has 11 nitrogen and oxygen atoms in total. The predicted molar refractivity (Wildman–Crippen MR) is 175 cm³/mol. The molecule has 232 valence electrons. The molecular formula is C32H46N8O3. The van der Waals surface area contributed by atoms with Gasteiger partial charge in [-0.1, -0.05) is 40.7 Å². The number of aromatic nitrogens is 3. The van der Waals surface area contributed by atoms with E-state index >= 15 is 0 Å². The van der Waals surface area contributed by atoms with Crippen molar-refractivity contribution in [2.45, 2.75) is 60.8 Å². The molecule has 0 aliphatic heterocycles. The summed E-state index contributed by atoms with van der Waals surface area (Å²) in [6.45, 7) is 19.4. The van der Waals surface area contributed by atoms with Gasteiger partial charge in [-0.25, -0.2) is 4.79 Å². The summed E-state index contributed by atoms with van der Waals surface area (Å²) in [7, 11) is 1.77. The van der Waals surface area contributed by atoms with Crippen molar-refractivity contribution in [3.05, 3.63) is 58.0 Å². The number of anilines is 3. The van der Waals surface area contributed by atoms with Crippen LogP contribution in [-0.4, -0.2) is 64.2 Å². The Morgan fingerprint density at radius 3 is 2.40 bits per heavy atom. The fraction of sp³-hybridized carbons (Fsp3) is 0.438. The number of likely N-dealkylation sites (N-methyl/N-ethyl adjacent to an activating group) is 1. The van der Waals surface area contributed by atoms with Crippen LogP contribution in [0.5, 0.6) is 0 Å². The van der Waals surface area contributed by atoms with Gasteiger partial charge in [0.15, 0.2) is 0 Å². The van der Waals surface area contributed by atoms with Crippen molar-refractivity contribution in [1.82, 2.24) is 25.0 Å². The summed E-state index contributed by atoms with van der Waals surface area (Å²) in [4.78, 5) is 42.8. The molecule has 11 heteroatoms. The molecule has 0 spiro atoms. The van der Waals surface area contributed by atoms with Crippen molar-refractivity contribution in [1.29, 1.82) is 0 Å². The Balaban J connectivity index is 1.78. The Bertz CT molecular complexity index is 1490. The first-order valence-corrected chi connectivity index (χ1v) is 14.6. The van der Waals surface area contributed by atoms with Crippen LogP contribution in [0.2, 0.25) is 0 Å². The lowest BCUT2D eigenvalue weighted by atomic mass is 9.92. The van der Waals surface area contributed by atoms with Crippen LogP contribution in [0.25, 0.3) is 11.6 Å². The van der Waals surface area contributed by atoms with Gasteiger partial charge in [0, 0.05) is 54.3 Å². The fourth-order valence-electron chi connectivity index (χ4n) is 4.89. The summed E-state index contributed by atoms with van der Waals surface area (Å²) < 4.78 is 1.63. The summed E-state index contributed by atoms with van der Waals surface area (Å²) in [6, 6.07) is 6.73. The number of hydrogen-bond donors (Lipinski definition) is 5. The number of aromatic amines is 1. The number of carbonyl (C=O) groups is 3. The summed E-state index contributed by atoms with van der Waals surface area (Å²) in [5.74, 6) is 0.464. The van der Waals surface area contributed by atoms with Gasteiger partial charge in [0.1, 0.15) is 5.82 Å². The molecule has 1 aromatic carbocycles. The van der Waals surface area contributed by atoms with Gasteiger partial charge in [-0.05, 0) is 63.2 Å². The van der Waals surface area contributed by atoms with Gasteiger partial charge in [0.25, 0.3) is 5.91 Å². The number of aryl methyl sites for hydroxylation is 2. The normalized spacial score (nSPS) is 11.9. The molecule has 0 atom stereocenters. The van der Waals surface area contributed by atoms with Crippen LogP contribution in [0.1, 0.15) is 80.1 Å². The molecule has 0 fully saturated rings. The molecule has 0 aliphatic rings. The highest BCUT2D eigenvalue weighted by Crippen LogP contribution is 2.30. The lowest BCUT2D eigenvalue weighted by Gasteiger charge is -2.18. The van der Waals surface area contributed by atoms with E-state index in [0.717, 1.165) is 53.4 Å².